The number of likely N-dealkylation sites (N-methyl/N-ethyl adjacent to an activating group) is 1. The van der Waals surface area contributed by atoms with E-state index in [9.17, 15) is 24.0 Å². The van der Waals surface area contributed by atoms with E-state index in [4.69, 9.17) is 19.4 Å². The summed E-state index contributed by atoms with van der Waals surface area (Å²) in [6, 6.07) is 7.42. The topological polar surface area (TPSA) is 172 Å². The lowest BCUT2D eigenvalue weighted by molar-refractivity contribution is -0.147. The number of aryl methyl sites for hydroxylation is 1. The molecule has 2 saturated heterocycles. The molecular weight excluding hydrogens is 883 g/mol. The number of methoxy groups -OCH3 is 1. The van der Waals surface area contributed by atoms with Crippen LogP contribution in [0, 0.1) is 11.3 Å². The van der Waals surface area contributed by atoms with E-state index in [2.05, 4.69) is 66.9 Å². The van der Waals surface area contributed by atoms with Crippen LogP contribution in [0.2, 0.25) is 0 Å². The van der Waals surface area contributed by atoms with E-state index in [1.54, 1.807) is 30.2 Å². The Morgan fingerprint density at radius 1 is 1.13 bits per heavy atom. The highest BCUT2D eigenvalue weighted by Crippen LogP contribution is 2.42. The normalized spacial score (nSPS) is 23.2. The largest absolute Gasteiger partial charge is 0.378 e. The number of hydrogen-bond acceptors (Lipinski definition) is 11. The summed E-state index contributed by atoms with van der Waals surface area (Å²) < 4.78 is 14.7. The van der Waals surface area contributed by atoms with E-state index in [1.807, 2.05) is 46.1 Å². The third kappa shape index (κ3) is 10.1. The number of hydrazine groups is 1. The number of urea groups is 1. The van der Waals surface area contributed by atoms with Crippen LogP contribution in [0.25, 0.3) is 33.4 Å². The van der Waals surface area contributed by atoms with Gasteiger partial charge < -0.3 is 38.9 Å². The maximum Gasteiger partial charge on any atom is 0.321 e. The van der Waals surface area contributed by atoms with Crippen molar-refractivity contribution >= 4 is 52.3 Å². The number of fused-ring (bicyclic) bond motifs is 6. The predicted molar refractivity (Wildman–Crippen MR) is 264 cm³/mol. The van der Waals surface area contributed by atoms with Gasteiger partial charge in [0.25, 0.3) is 5.91 Å². The average Bonchev–Trinajstić information content (AvgIpc) is 3.91. The first-order chi connectivity index (χ1) is 32.4. The summed E-state index contributed by atoms with van der Waals surface area (Å²) in [6.07, 6.45) is 5.33. The SMILES string of the molecule is C=CC(=O)N1C[C@@H](C)N(C(=O)N(C)[C@H](C(=O)N[C@H]2Cc3nc(cs3)-c3ccc4c(c3)c(c(-c3cccnc3[C@H](C)OC)n4CC)CC(C)(C)COC[C@@]3(C=O)CCCN(N3)C2=O)C(C)C)[C@H](C)C1. The molecule has 6 heterocycles. The van der Waals surface area contributed by atoms with Gasteiger partial charge in [-0.15, -0.1) is 11.3 Å². The van der Waals surface area contributed by atoms with E-state index in [1.165, 1.54) is 27.3 Å². The molecule has 0 unspecified atom stereocenters. The third-order valence-corrected chi connectivity index (χ3v) is 14.6. The highest BCUT2D eigenvalue weighted by molar-refractivity contribution is 7.10. The molecule has 68 heavy (non-hydrogen) atoms. The number of rotatable bonds is 10. The molecule has 2 fully saturated rings. The molecule has 17 heteroatoms. The van der Waals surface area contributed by atoms with E-state index >= 15 is 0 Å². The fourth-order valence-electron chi connectivity index (χ4n) is 10.4. The van der Waals surface area contributed by atoms with Gasteiger partial charge in [-0.25, -0.2) is 15.2 Å². The zero-order valence-electron chi connectivity index (χ0n) is 41.3. The molecular formula is C51H69N9O7S. The lowest BCUT2D eigenvalue weighted by atomic mass is 9.84. The van der Waals surface area contributed by atoms with E-state index < -0.39 is 34.9 Å². The molecule has 3 aromatic heterocycles. The number of carbonyl (C=O) groups excluding carboxylic acids is 5. The van der Waals surface area contributed by atoms with Gasteiger partial charge in [0.2, 0.25) is 11.8 Å². The fourth-order valence-corrected chi connectivity index (χ4v) is 11.3. The number of carbonyl (C=O) groups is 5. The molecule has 4 aromatic rings. The lowest BCUT2D eigenvalue weighted by Gasteiger charge is -2.46. The van der Waals surface area contributed by atoms with Crippen LogP contribution in [-0.4, -0.2) is 141 Å². The van der Waals surface area contributed by atoms with Crippen LogP contribution in [0.3, 0.4) is 0 Å². The van der Waals surface area contributed by atoms with Gasteiger partial charge in [0.15, 0.2) is 0 Å². The third-order valence-electron chi connectivity index (χ3n) is 13.8. The van der Waals surface area contributed by atoms with Crippen LogP contribution < -0.4 is 10.7 Å². The first kappa shape index (κ1) is 50.4. The van der Waals surface area contributed by atoms with Crippen molar-refractivity contribution in [2.24, 2.45) is 11.3 Å². The molecule has 366 valence electrons. The van der Waals surface area contributed by atoms with Crippen molar-refractivity contribution in [3.05, 3.63) is 70.8 Å². The van der Waals surface area contributed by atoms with Gasteiger partial charge in [-0.1, -0.05) is 40.3 Å². The number of thiazole rings is 1. The first-order valence-electron chi connectivity index (χ1n) is 23.8. The van der Waals surface area contributed by atoms with Crippen molar-refractivity contribution in [3.8, 4) is 22.5 Å². The van der Waals surface area contributed by atoms with Crippen molar-refractivity contribution in [1.82, 2.24) is 45.0 Å². The van der Waals surface area contributed by atoms with Crippen molar-refractivity contribution in [3.63, 3.8) is 0 Å². The second kappa shape index (κ2) is 20.6. The number of aromatic nitrogens is 3. The zero-order valence-corrected chi connectivity index (χ0v) is 42.2. The summed E-state index contributed by atoms with van der Waals surface area (Å²) in [5.74, 6) is -1.47. The molecule has 2 N–H and O–H groups in total. The number of pyridine rings is 1. The van der Waals surface area contributed by atoms with E-state index in [0.717, 1.165) is 51.0 Å². The van der Waals surface area contributed by atoms with Crippen LogP contribution in [0.1, 0.15) is 90.6 Å². The van der Waals surface area contributed by atoms with Crippen molar-refractivity contribution in [2.75, 3.05) is 47.0 Å². The number of piperazine rings is 1. The Hall–Kier alpha value is -5.49. The minimum Gasteiger partial charge on any atom is -0.378 e. The summed E-state index contributed by atoms with van der Waals surface area (Å²) in [6.45, 7) is 21.6. The Balaban J connectivity index is 1.27. The fraction of sp³-hybridized carbons (Fsp3) is 0.549. The average molecular weight is 952 g/mol. The number of benzene rings is 1. The number of hydrogen-bond donors (Lipinski definition) is 2. The molecule has 3 aliphatic heterocycles. The van der Waals surface area contributed by atoms with E-state index in [-0.39, 0.29) is 49.1 Å². The van der Waals surface area contributed by atoms with Crippen molar-refractivity contribution in [1.29, 1.82) is 0 Å². The highest BCUT2D eigenvalue weighted by atomic mass is 32.1. The van der Waals surface area contributed by atoms with E-state index in [0.29, 0.717) is 57.1 Å². The van der Waals surface area contributed by atoms with Crippen LogP contribution in [0.4, 0.5) is 4.79 Å². The smallest absolute Gasteiger partial charge is 0.321 e. The minimum absolute atomic E-state index is 0.0254. The quantitative estimate of drug-likeness (QED) is 0.133. The Kier molecular flexibility index (Phi) is 15.3. The summed E-state index contributed by atoms with van der Waals surface area (Å²) in [4.78, 5) is 84.2. The molecule has 6 atom stereocenters. The zero-order chi connectivity index (χ0) is 49.2. The number of nitrogens with one attached hydrogen (secondary N) is 2. The lowest BCUT2D eigenvalue weighted by Crippen LogP contribution is -2.67. The maximum atomic E-state index is 14.8. The highest BCUT2D eigenvalue weighted by Gasteiger charge is 2.43. The molecule has 0 aliphatic carbocycles. The summed E-state index contributed by atoms with van der Waals surface area (Å²) in [5, 5.41) is 8.18. The van der Waals surface area contributed by atoms with Gasteiger partial charge in [-0.05, 0) is 94.2 Å². The number of aldehydes is 1. The number of ether oxygens (including phenoxy) is 2. The van der Waals surface area contributed by atoms with Crippen LogP contribution in [0.15, 0.2) is 54.6 Å². The second-order valence-electron chi connectivity index (χ2n) is 20.0. The van der Waals surface area contributed by atoms with Gasteiger partial charge in [0, 0.05) is 92.4 Å². The van der Waals surface area contributed by atoms with Gasteiger partial charge in [0.1, 0.15) is 23.9 Å². The molecule has 16 nitrogen and oxygen atoms in total. The minimum atomic E-state index is -1.20. The van der Waals surface area contributed by atoms with Gasteiger partial charge in [-0.3, -0.25) is 24.4 Å². The second-order valence-corrected chi connectivity index (χ2v) is 20.9. The molecule has 6 bridgehead atoms. The number of nitrogens with zero attached hydrogens (tertiary/aromatic N) is 7. The molecule has 0 radical (unpaired) electrons. The monoisotopic (exact) mass is 952 g/mol. The Labute approximate surface area is 404 Å². The first-order valence-corrected chi connectivity index (χ1v) is 24.7. The Bertz CT molecular complexity index is 2520. The van der Waals surface area contributed by atoms with Gasteiger partial charge >= 0.3 is 6.03 Å². The van der Waals surface area contributed by atoms with Crippen LogP contribution >= 0.6 is 11.3 Å². The predicted octanol–water partition coefficient (Wildman–Crippen LogP) is 6.43. The molecule has 0 spiro atoms. The van der Waals surface area contributed by atoms with Gasteiger partial charge in [0.05, 0.1) is 41.4 Å². The maximum absolute atomic E-state index is 14.8. The Morgan fingerprint density at radius 3 is 2.53 bits per heavy atom. The van der Waals surface area contributed by atoms with Crippen molar-refractivity contribution < 1.29 is 33.4 Å². The molecule has 1 aromatic carbocycles. The summed E-state index contributed by atoms with van der Waals surface area (Å²) in [7, 11) is 3.30. The van der Waals surface area contributed by atoms with Crippen LogP contribution in [-0.2, 0) is 48.0 Å². The molecule has 7 rings (SSSR count). The summed E-state index contributed by atoms with van der Waals surface area (Å²) in [5.41, 5.74) is 8.40. The van der Waals surface area contributed by atoms with Crippen molar-refractivity contribution in [2.45, 2.75) is 123 Å². The number of amides is 5. The van der Waals surface area contributed by atoms with Gasteiger partial charge in [-0.2, -0.15) is 0 Å². The molecule has 3 aliphatic rings. The Morgan fingerprint density at radius 2 is 1.87 bits per heavy atom. The standard InChI is InChI=1S/C51H69N9O7S/c1-12-43(62)57-25-32(5)60(33(6)26-57)49(65)56(10)45(31(3)4)47(63)54-39-23-42-53-40(27-68-42)35-17-18-41-37(22-35)38(46(58(41)13-2)36-16-14-20-52-44(36)34(7)66-11)24-50(8,9)29-67-30-51(28-61)19-15-21-59(55-51)48(39)64/h12,14,16-18,20,22,27-28,31-34,39,45,55H,1,13,15,19,21,23-26,29-30H2,2-11H3,(H,54,63)/t32-,33-,34+,39+,45+,51+/m1/s1. The summed E-state index contributed by atoms with van der Waals surface area (Å²) >= 11 is 1.41. The molecule has 0 saturated carbocycles. The van der Waals surface area contributed by atoms with Crippen LogP contribution in [0.5, 0.6) is 0 Å². The molecule has 5 amide bonds.